The molecule has 0 aliphatic heterocycles. The number of methoxy groups -OCH3 is 1. The minimum atomic E-state index is -0.945. The zero-order valence-electron chi connectivity index (χ0n) is 10.7. The highest BCUT2D eigenvalue weighted by atomic mass is 32.2. The van der Waals surface area contributed by atoms with Gasteiger partial charge >= 0.3 is 0 Å². The molecule has 3 N–H and O–H groups in total. The monoisotopic (exact) mass is 270 g/mol. The van der Waals surface area contributed by atoms with Gasteiger partial charge in [0.2, 0.25) is 0 Å². The van der Waals surface area contributed by atoms with Gasteiger partial charge < -0.3 is 15.8 Å². The number of carbonyl (C=O) groups excluding carboxylic acids is 1. The smallest absolute Gasteiger partial charge is 0.255 e. The quantitative estimate of drug-likeness (QED) is 0.775. The van der Waals surface area contributed by atoms with E-state index in [1.165, 1.54) is 7.11 Å². The molecule has 1 rings (SSSR count). The fourth-order valence-corrected chi connectivity index (χ4v) is 2.38. The van der Waals surface area contributed by atoms with Crippen LogP contribution in [-0.4, -0.2) is 35.3 Å². The van der Waals surface area contributed by atoms with Gasteiger partial charge in [-0.05, 0) is 19.1 Å². The third-order valence-electron chi connectivity index (χ3n) is 2.33. The topological polar surface area (TPSA) is 81.4 Å². The minimum absolute atomic E-state index is 0.161. The highest BCUT2D eigenvalue weighted by Crippen LogP contribution is 2.21. The predicted octanol–water partition coefficient (Wildman–Crippen LogP) is 0.774. The molecule has 0 saturated carbocycles. The Kier molecular flexibility index (Phi) is 5.15. The Hall–Kier alpha value is -1.56. The molecule has 1 amide bonds. The van der Waals surface area contributed by atoms with Crippen LogP contribution >= 0.6 is 0 Å². The van der Waals surface area contributed by atoms with Crippen LogP contribution in [0, 0.1) is 0 Å². The second-order valence-corrected chi connectivity index (χ2v) is 5.55. The second kappa shape index (κ2) is 6.39. The Balaban J connectivity index is 2.81. The molecule has 0 radical (unpaired) electrons. The van der Waals surface area contributed by atoms with Crippen LogP contribution in [0.4, 0.5) is 5.69 Å². The first-order valence-electron chi connectivity index (χ1n) is 5.48. The van der Waals surface area contributed by atoms with E-state index in [1.54, 1.807) is 24.5 Å². The maximum atomic E-state index is 12.0. The summed E-state index contributed by atoms with van der Waals surface area (Å²) in [5, 5.41) is 2.77. The Labute approximate surface area is 109 Å². The lowest BCUT2D eigenvalue weighted by Gasteiger charge is -2.14. The van der Waals surface area contributed by atoms with E-state index in [0.717, 1.165) is 0 Å². The van der Waals surface area contributed by atoms with Crippen LogP contribution < -0.4 is 15.8 Å². The molecule has 0 aliphatic rings. The maximum absolute atomic E-state index is 12.0. The van der Waals surface area contributed by atoms with Gasteiger partial charge in [-0.1, -0.05) is 0 Å². The molecule has 0 heterocycles. The van der Waals surface area contributed by atoms with Crippen molar-refractivity contribution in [1.82, 2.24) is 5.32 Å². The number of nitrogens with two attached hydrogens (primary N) is 1. The van der Waals surface area contributed by atoms with E-state index >= 15 is 0 Å². The van der Waals surface area contributed by atoms with Crippen LogP contribution in [0.5, 0.6) is 5.75 Å². The summed E-state index contributed by atoms with van der Waals surface area (Å²) in [6.45, 7) is 1.81. The number of anilines is 1. The van der Waals surface area contributed by atoms with Crippen molar-refractivity contribution in [2.75, 3.05) is 24.9 Å². The average Bonchev–Trinajstić information content (AvgIpc) is 2.27. The van der Waals surface area contributed by atoms with Gasteiger partial charge in [-0.25, -0.2) is 0 Å². The summed E-state index contributed by atoms with van der Waals surface area (Å²) < 4.78 is 16.2. The molecule has 2 unspecified atom stereocenters. The van der Waals surface area contributed by atoms with E-state index in [9.17, 15) is 9.00 Å². The fourth-order valence-electron chi connectivity index (χ4n) is 1.59. The van der Waals surface area contributed by atoms with Crippen molar-refractivity contribution in [3.63, 3.8) is 0 Å². The predicted molar refractivity (Wildman–Crippen MR) is 73.3 cm³/mol. The van der Waals surface area contributed by atoms with E-state index in [1.807, 2.05) is 6.92 Å². The molecule has 1 aromatic rings. The third kappa shape index (κ3) is 4.03. The van der Waals surface area contributed by atoms with Crippen molar-refractivity contribution in [1.29, 1.82) is 0 Å². The van der Waals surface area contributed by atoms with Crippen molar-refractivity contribution >= 4 is 22.4 Å². The Bertz CT molecular complexity index is 463. The van der Waals surface area contributed by atoms with Gasteiger partial charge in [0.1, 0.15) is 5.75 Å². The number of benzene rings is 1. The lowest BCUT2D eigenvalue weighted by atomic mass is 10.1. The van der Waals surface area contributed by atoms with Gasteiger partial charge in [-0.3, -0.25) is 9.00 Å². The van der Waals surface area contributed by atoms with E-state index in [4.69, 9.17) is 10.5 Å². The number of nitrogen functional groups attached to an aromatic ring is 1. The van der Waals surface area contributed by atoms with Gasteiger partial charge in [-0.15, -0.1) is 0 Å². The van der Waals surface area contributed by atoms with Crippen molar-refractivity contribution in [3.05, 3.63) is 23.8 Å². The van der Waals surface area contributed by atoms with E-state index in [2.05, 4.69) is 5.32 Å². The van der Waals surface area contributed by atoms with Gasteiger partial charge in [0.15, 0.2) is 0 Å². The SMILES string of the molecule is COc1cc(N)ccc1C(=O)NC(C)CS(C)=O. The molecular weight excluding hydrogens is 252 g/mol. The summed E-state index contributed by atoms with van der Waals surface area (Å²) in [7, 11) is 0.537. The number of hydrogen-bond donors (Lipinski definition) is 2. The van der Waals surface area contributed by atoms with Crippen LogP contribution in [0.1, 0.15) is 17.3 Å². The summed E-state index contributed by atoms with van der Waals surface area (Å²) in [4.78, 5) is 12.0. The molecule has 1 aromatic carbocycles. The molecule has 0 aliphatic carbocycles. The number of carbonyl (C=O) groups is 1. The summed E-state index contributed by atoms with van der Waals surface area (Å²) >= 11 is 0. The highest BCUT2D eigenvalue weighted by Gasteiger charge is 2.15. The van der Waals surface area contributed by atoms with Gasteiger partial charge in [0.25, 0.3) is 5.91 Å². The van der Waals surface area contributed by atoms with Crippen molar-refractivity contribution in [2.45, 2.75) is 13.0 Å². The van der Waals surface area contributed by atoms with E-state index < -0.39 is 10.8 Å². The van der Waals surface area contributed by atoms with Crippen LogP contribution in [0.3, 0.4) is 0 Å². The molecule has 2 atom stereocenters. The first-order chi connectivity index (χ1) is 8.43. The number of amides is 1. The molecule has 0 saturated heterocycles. The van der Waals surface area contributed by atoms with Crippen LogP contribution in [0.25, 0.3) is 0 Å². The lowest BCUT2D eigenvalue weighted by molar-refractivity contribution is 0.0940. The Morgan fingerprint density at radius 3 is 2.78 bits per heavy atom. The lowest BCUT2D eigenvalue weighted by Crippen LogP contribution is -2.36. The number of ether oxygens (including phenoxy) is 1. The molecule has 0 bridgehead atoms. The van der Waals surface area contributed by atoms with Crippen LogP contribution in [0.15, 0.2) is 18.2 Å². The zero-order chi connectivity index (χ0) is 13.7. The maximum Gasteiger partial charge on any atom is 0.255 e. The summed E-state index contributed by atoms with van der Waals surface area (Å²) in [6.07, 6.45) is 1.60. The van der Waals surface area contributed by atoms with Crippen LogP contribution in [0.2, 0.25) is 0 Å². The fraction of sp³-hybridized carbons (Fsp3) is 0.417. The van der Waals surface area contributed by atoms with Crippen LogP contribution in [-0.2, 0) is 10.8 Å². The van der Waals surface area contributed by atoms with Gasteiger partial charge in [0, 0.05) is 40.6 Å². The normalized spacial score (nSPS) is 13.7. The Morgan fingerprint density at radius 2 is 2.22 bits per heavy atom. The molecule has 5 nitrogen and oxygen atoms in total. The molecule has 0 spiro atoms. The standard InChI is InChI=1S/C12H18N2O3S/c1-8(7-18(3)16)14-12(15)10-5-4-9(13)6-11(10)17-2/h4-6,8H,7,13H2,1-3H3,(H,14,15). The van der Waals surface area contributed by atoms with Gasteiger partial charge in [0.05, 0.1) is 12.7 Å². The number of hydrogen-bond acceptors (Lipinski definition) is 4. The summed E-state index contributed by atoms with van der Waals surface area (Å²) in [5.41, 5.74) is 6.57. The molecule has 100 valence electrons. The molecule has 0 fully saturated rings. The first kappa shape index (κ1) is 14.5. The number of rotatable bonds is 5. The highest BCUT2D eigenvalue weighted by molar-refractivity contribution is 7.84. The summed E-state index contributed by atoms with van der Waals surface area (Å²) in [6, 6.07) is 4.68. The van der Waals surface area contributed by atoms with Crippen molar-refractivity contribution < 1.29 is 13.7 Å². The van der Waals surface area contributed by atoms with Crippen molar-refractivity contribution in [2.24, 2.45) is 0 Å². The Morgan fingerprint density at radius 1 is 1.56 bits per heavy atom. The van der Waals surface area contributed by atoms with E-state index in [-0.39, 0.29) is 11.9 Å². The summed E-state index contributed by atoms with van der Waals surface area (Å²) in [5.74, 6) is 0.588. The molecular formula is C12H18N2O3S. The first-order valence-corrected chi connectivity index (χ1v) is 7.21. The molecule has 6 heteroatoms. The zero-order valence-corrected chi connectivity index (χ0v) is 11.5. The molecule has 0 aromatic heterocycles. The molecule has 18 heavy (non-hydrogen) atoms. The second-order valence-electron chi connectivity index (χ2n) is 4.07. The third-order valence-corrected chi connectivity index (χ3v) is 3.30. The average molecular weight is 270 g/mol. The number of nitrogens with one attached hydrogen (secondary N) is 1. The largest absolute Gasteiger partial charge is 0.496 e. The van der Waals surface area contributed by atoms with Gasteiger partial charge in [-0.2, -0.15) is 0 Å². The van der Waals surface area contributed by atoms with E-state index in [0.29, 0.717) is 22.8 Å². The van der Waals surface area contributed by atoms with Crippen molar-refractivity contribution in [3.8, 4) is 5.75 Å². The minimum Gasteiger partial charge on any atom is -0.496 e.